The van der Waals surface area contributed by atoms with Gasteiger partial charge in [-0.3, -0.25) is 14.6 Å². The third-order valence-corrected chi connectivity index (χ3v) is 6.44. The first-order valence-electron chi connectivity index (χ1n) is 12.5. The summed E-state index contributed by atoms with van der Waals surface area (Å²) in [4.78, 5) is 36.3. The molecule has 9 nitrogen and oxygen atoms in total. The number of pyridine rings is 1. The Labute approximate surface area is 232 Å². The SMILES string of the molecule is CP.Cc1ncoc1CN(C)C(=O)c1cc(C(=O)NCCCN(CC(C)C)Sc2ccc(N)cc2)ccn1. The third-order valence-electron chi connectivity index (χ3n) is 5.37. The van der Waals surface area contributed by atoms with Gasteiger partial charge in [-0.2, -0.15) is 0 Å². The van der Waals surface area contributed by atoms with Gasteiger partial charge in [0.25, 0.3) is 11.8 Å². The normalized spacial score (nSPS) is 10.7. The summed E-state index contributed by atoms with van der Waals surface area (Å²) in [6.45, 7) is 10.6. The fourth-order valence-corrected chi connectivity index (χ4v) is 4.62. The second kappa shape index (κ2) is 16.1. The third kappa shape index (κ3) is 10.1. The molecule has 3 aromatic rings. The van der Waals surface area contributed by atoms with Crippen LogP contribution in [-0.2, 0) is 6.54 Å². The number of nitrogens with two attached hydrogens (primary N) is 1. The van der Waals surface area contributed by atoms with Crippen LogP contribution in [0.5, 0.6) is 0 Å². The molecular formula is C27H39N6O3PS. The molecule has 0 saturated carbocycles. The molecule has 3 N–H and O–H groups in total. The highest BCUT2D eigenvalue weighted by Crippen LogP contribution is 2.24. The molecule has 2 amide bonds. The average Bonchev–Trinajstić information content (AvgIpc) is 3.32. The Kier molecular flexibility index (Phi) is 13.3. The molecule has 0 fully saturated rings. The van der Waals surface area contributed by atoms with Gasteiger partial charge in [-0.15, -0.1) is 9.24 Å². The molecule has 0 aliphatic carbocycles. The first-order chi connectivity index (χ1) is 18.2. The molecule has 0 bridgehead atoms. The minimum Gasteiger partial charge on any atom is -0.446 e. The number of amides is 2. The highest BCUT2D eigenvalue weighted by Gasteiger charge is 2.18. The van der Waals surface area contributed by atoms with Crippen molar-refractivity contribution in [3.8, 4) is 0 Å². The van der Waals surface area contributed by atoms with Crippen LogP contribution in [0.15, 0.2) is 58.3 Å². The van der Waals surface area contributed by atoms with Crippen LogP contribution in [0.3, 0.4) is 0 Å². The van der Waals surface area contributed by atoms with Crippen molar-refractivity contribution in [1.82, 2.24) is 24.5 Å². The lowest BCUT2D eigenvalue weighted by molar-refractivity contribution is 0.0769. The van der Waals surface area contributed by atoms with Crippen LogP contribution in [0.25, 0.3) is 0 Å². The maximum absolute atomic E-state index is 12.8. The molecule has 0 aliphatic rings. The van der Waals surface area contributed by atoms with E-state index in [4.69, 9.17) is 10.2 Å². The highest BCUT2D eigenvalue weighted by atomic mass is 32.2. The number of hydrogen-bond acceptors (Lipinski definition) is 8. The molecule has 1 unspecified atom stereocenters. The number of anilines is 1. The van der Waals surface area contributed by atoms with Crippen LogP contribution < -0.4 is 11.1 Å². The number of carbonyl (C=O) groups is 2. The van der Waals surface area contributed by atoms with Gasteiger partial charge < -0.3 is 20.4 Å². The number of aromatic nitrogens is 2. The minimum atomic E-state index is -0.301. The number of rotatable bonds is 12. The largest absolute Gasteiger partial charge is 0.446 e. The standard InChI is InChI=1S/C26H34N6O3S.CH5P/c1-18(2)15-32(36-22-8-6-21(27)7-9-22)13-5-11-29-25(33)20-10-12-28-23(14-20)26(34)31(4)16-24-19(3)30-17-35-24;1-2/h6-10,12,14,17-18H,5,11,13,15-16,27H2,1-4H3,(H,29,33);2H2,1H3. The first-order valence-corrected chi connectivity index (χ1v) is 14.4. The van der Waals surface area contributed by atoms with E-state index in [-0.39, 0.29) is 24.1 Å². The second-order valence-electron chi connectivity index (χ2n) is 9.00. The van der Waals surface area contributed by atoms with Crippen molar-refractivity contribution in [3.63, 3.8) is 0 Å². The summed E-state index contributed by atoms with van der Waals surface area (Å²) in [6, 6.07) is 11.0. The predicted molar refractivity (Wildman–Crippen MR) is 157 cm³/mol. The number of benzene rings is 1. The van der Waals surface area contributed by atoms with Gasteiger partial charge in [-0.25, -0.2) is 9.29 Å². The lowest BCUT2D eigenvalue weighted by atomic mass is 10.2. The second-order valence-corrected chi connectivity index (χ2v) is 10.2. The van der Waals surface area contributed by atoms with Gasteiger partial charge in [-0.1, -0.05) is 20.5 Å². The number of oxazole rings is 1. The molecule has 3 rings (SSSR count). The van der Waals surface area contributed by atoms with E-state index < -0.39 is 0 Å². The van der Waals surface area contributed by atoms with Crippen LogP contribution in [0.2, 0.25) is 0 Å². The zero-order valence-electron chi connectivity index (χ0n) is 22.8. The van der Waals surface area contributed by atoms with Gasteiger partial charge >= 0.3 is 0 Å². The molecule has 206 valence electrons. The Morgan fingerprint density at radius 1 is 1.16 bits per heavy atom. The molecule has 11 heteroatoms. The zero-order valence-corrected chi connectivity index (χ0v) is 24.8. The molecule has 38 heavy (non-hydrogen) atoms. The summed E-state index contributed by atoms with van der Waals surface area (Å²) in [5.41, 5.74) is 7.86. The number of aryl methyl sites for hydroxylation is 1. The summed E-state index contributed by atoms with van der Waals surface area (Å²) >= 11 is 1.69. The fourth-order valence-electron chi connectivity index (χ4n) is 3.47. The Balaban J connectivity index is 0.00000247. The molecule has 2 heterocycles. The Bertz CT molecular complexity index is 1160. The van der Waals surface area contributed by atoms with Crippen molar-refractivity contribution < 1.29 is 14.0 Å². The quantitative estimate of drug-likeness (QED) is 0.144. The molecule has 0 saturated heterocycles. The van der Waals surface area contributed by atoms with E-state index in [9.17, 15) is 9.59 Å². The zero-order chi connectivity index (χ0) is 28.1. The number of nitrogen functional groups attached to an aromatic ring is 1. The van der Waals surface area contributed by atoms with E-state index in [0.717, 1.165) is 35.8 Å². The van der Waals surface area contributed by atoms with Gasteiger partial charge in [0.05, 0.1) is 12.2 Å². The number of carbonyl (C=O) groups excluding carboxylic acids is 2. The van der Waals surface area contributed by atoms with Gasteiger partial charge in [0.2, 0.25) is 0 Å². The van der Waals surface area contributed by atoms with Crippen LogP contribution in [0, 0.1) is 12.8 Å². The predicted octanol–water partition coefficient (Wildman–Crippen LogP) is 4.51. The maximum Gasteiger partial charge on any atom is 0.272 e. The van der Waals surface area contributed by atoms with Crippen LogP contribution in [-0.4, -0.2) is 64.3 Å². The monoisotopic (exact) mass is 558 g/mol. The lowest BCUT2D eigenvalue weighted by Crippen LogP contribution is -2.30. The highest BCUT2D eigenvalue weighted by molar-refractivity contribution is 7.97. The van der Waals surface area contributed by atoms with E-state index in [1.54, 1.807) is 25.1 Å². The molecule has 0 aliphatic heterocycles. The summed E-state index contributed by atoms with van der Waals surface area (Å²) < 4.78 is 7.62. The summed E-state index contributed by atoms with van der Waals surface area (Å²) in [7, 11) is 4.07. The van der Waals surface area contributed by atoms with Crippen molar-refractivity contribution in [2.45, 2.75) is 38.6 Å². The van der Waals surface area contributed by atoms with Gasteiger partial charge in [0.15, 0.2) is 6.39 Å². The van der Waals surface area contributed by atoms with Gasteiger partial charge in [-0.05, 0) is 67.6 Å². The van der Waals surface area contributed by atoms with E-state index in [1.807, 2.05) is 37.9 Å². The minimum absolute atomic E-state index is 0.199. The van der Waals surface area contributed by atoms with Crippen LogP contribution >= 0.6 is 21.2 Å². The van der Waals surface area contributed by atoms with Crippen molar-refractivity contribution in [1.29, 1.82) is 0 Å². The topological polar surface area (TPSA) is 118 Å². The molecule has 1 aromatic carbocycles. The van der Waals surface area contributed by atoms with Crippen molar-refractivity contribution in [2.75, 3.05) is 39.1 Å². The average molecular weight is 559 g/mol. The number of hydrogen-bond donors (Lipinski definition) is 2. The van der Waals surface area contributed by atoms with Crippen LogP contribution in [0.1, 0.15) is 52.6 Å². The number of nitrogens with zero attached hydrogens (tertiary/aromatic N) is 4. The summed E-state index contributed by atoms with van der Waals surface area (Å²) in [6.07, 6.45) is 3.62. The molecule has 0 radical (unpaired) electrons. The van der Waals surface area contributed by atoms with Gasteiger partial charge in [0, 0.05) is 49.0 Å². The van der Waals surface area contributed by atoms with E-state index in [0.29, 0.717) is 23.8 Å². The first kappa shape index (κ1) is 31.3. The fraction of sp³-hybridized carbons (Fsp3) is 0.407. The molecular weight excluding hydrogens is 519 g/mol. The van der Waals surface area contributed by atoms with Crippen molar-refractivity contribution in [2.24, 2.45) is 5.92 Å². The molecule has 0 spiro atoms. The maximum atomic E-state index is 12.8. The molecule has 2 aromatic heterocycles. The summed E-state index contributed by atoms with van der Waals surface area (Å²) in [5, 5.41) is 2.95. The summed E-state index contributed by atoms with van der Waals surface area (Å²) in [5.74, 6) is 0.590. The van der Waals surface area contributed by atoms with Crippen LogP contribution in [0.4, 0.5) is 5.69 Å². The Hall–Kier alpha value is -2.94. The van der Waals surface area contributed by atoms with Crippen molar-refractivity contribution >= 4 is 38.7 Å². The number of nitrogens with one attached hydrogen (secondary N) is 1. The van der Waals surface area contributed by atoms with E-state index in [2.05, 4.69) is 42.7 Å². The molecule has 1 atom stereocenters. The Morgan fingerprint density at radius 2 is 1.87 bits per heavy atom. The lowest BCUT2D eigenvalue weighted by Gasteiger charge is -2.23. The van der Waals surface area contributed by atoms with E-state index >= 15 is 0 Å². The van der Waals surface area contributed by atoms with E-state index in [1.165, 1.54) is 23.6 Å². The van der Waals surface area contributed by atoms with Gasteiger partial charge in [0.1, 0.15) is 11.5 Å². The van der Waals surface area contributed by atoms with Crippen molar-refractivity contribution in [3.05, 3.63) is 71.7 Å². The smallest absolute Gasteiger partial charge is 0.272 e. The Morgan fingerprint density at radius 3 is 2.50 bits per heavy atom.